The molecule has 17 heavy (non-hydrogen) atoms. The number of carboxylic acid groups (broad SMARTS) is 1. The molecule has 0 aliphatic rings. The summed E-state index contributed by atoms with van der Waals surface area (Å²) >= 11 is 5.90. The maximum atomic E-state index is 12.0. The minimum absolute atomic E-state index is 0.0666. The van der Waals surface area contributed by atoms with Crippen LogP contribution in [0.25, 0.3) is 0 Å². The number of alkyl halides is 3. The highest BCUT2D eigenvalue weighted by atomic mass is 79.9. The van der Waals surface area contributed by atoms with Crippen LogP contribution in [0.15, 0.2) is 21.1 Å². The van der Waals surface area contributed by atoms with E-state index in [4.69, 9.17) is 5.11 Å². The Bertz CT molecular complexity index is 423. The molecule has 1 aromatic carbocycles. The smallest absolute Gasteiger partial charge is 0.422 e. The topological polar surface area (TPSA) is 46.5 Å². The summed E-state index contributed by atoms with van der Waals surface area (Å²) in [6.07, 6.45) is -4.45. The first kappa shape index (κ1) is 14.3. The zero-order valence-electron chi connectivity index (χ0n) is 8.02. The van der Waals surface area contributed by atoms with E-state index in [9.17, 15) is 18.0 Å². The maximum absolute atomic E-state index is 12.0. The van der Waals surface area contributed by atoms with Gasteiger partial charge in [0.05, 0.1) is 14.5 Å². The Morgan fingerprint density at radius 2 is 1.76 bits per heavy atom. The zero-order chi connectivity index (χ0) is 13.2. The largest absolute Gasteiger partial charge is 0.482 e. The van der Waals surface area contributed by atoms with E-state index in [0.29, 0.717) is 0 Å². The molecule has 3 nitrogen and oxygen atoms in total. The third kappa shape index (κ3) is 4.19. The molecule has 0 atom stereocenters. The predicted molar refractivity (Wildman–Crippen MR) is 60.4 cm³/mol. The van der Waals surface area contributed by atoms with E-state index in [2.05, 4.69) is 36.6 Å². The van der Waals surface area contributed by atoms with E-state index in [1.165, 1.54) is 12.1 Å². The van der Waals surface area contributed by atoms with Crippen LogP contribution in [0, 0.1) is 0 Å². The molecule has 0 radical (unpaired) electrons. The van der Waals surface area contributed by atoms with E-state index in [-0.39, 0.29) is 20.3 Å². The fourth-order valence-corrected chi connectivity index (χ4v) is 2.39. The van der Waals surface area contributed by atoms with Crippen LogP contribution in [0.2, 0.25) is 0 Å². The molecule has 0 spiro atoms. The molecule has 0 aliphatic carbocycles. The first-order chi connectivity index (χ1) is 7.70. The molecule has 94 valence electrons. The number of aromatic carboxylic acids is 1. The number of hydrogen-bond acceptors (Lipinski definition) is 2. The van der Waals surface area contributed by atoms with Gasteiger partial charge in [0.15, 0.2) is 6.61 Å². The minimum atomic E-state index is -4.45. The van der Waals surface area contributed by atoms with Gasteiger partial charge >= 0.3 is 12.1 Å². The molecule has 0 fully saturated rings. The van der Waals surface area contributed by atoms with E-state index in [1.807, 2.05) is 0 Å². The van der Waals surface area contributed by atoms with E-state index in [1.54, 1.807) is 0 Å². The summed E-state index contributed by atoms with van der Waals surface area (Å²) in [5.74, 6) is -1.28. The van der Waals surface area contributed by atoms with Gasteiger partial charge in [-0.05, 0) is 44.0 Å². The molecule has 0 unspecified atom stereocenters. The van der Waals surface area contributed by atoms with Crippen molar-refractivity contribution < 1.29 is 27.8 Å². The van der Waals surface area contributed by atoms with Gasteiger partial charge in [0.1, 0.15) is 5.75 Å². The Hall–Kier alpha value is -0.760. The van der Waals surface area contributed by atoms with Gasteiger partial charge in [-0.25, -0.2) is 4.79 Å². The molecule has 0 aromatic heterocycles. The van der Waals surface area contributed by atoms with Crippen molar-refractivity contribution in [3.8, 4) is 5.75 Å². The van der Waals surface area contributed by atoms with Crippen molar-refractivity contribution in [2.24, 2.45) is 0 Å². The highest BCUT2D eigenvalue weighted by molar-refractivity contribution is 9.11. The third-order valence-corrected chi connectivity index (χ3v) is 2.80. The molecule has 1 rings (SSSR count). The zero-order valence-corrected chi connectivity index (χ0v) is 11.2. The van der Waals surface area contributed by atoms with Crippen molar-refractivity contribution in [3.05, 3.63) is 26.6 Å². The number of carboxylic acids is 1. The summed E-state index contributed by atoms with van der Waals surface area (Å²) in [7, 11) is 0. The highest BCUT2D eigenvalue weighted by Gasteiger charge is 2.29. The number of hydrogen-bond donors (Lipinski definition) is 1. The standard InChI is InChI=1S/C9H5Br2F3O3/c10-5-1-4(8(15)16)2-6(11)7(5)17-3-9(12,13)14/h1-2H,3H2,(H,15,16). The van der Waals surface area contributed by atoms with E-state index >= 15 is 0 Å². The van der Waals surface area contributed by atoms with Gasteiger partial charge < -0.3 is 9.84 Å². The Balaban J connectivity index is 2.98. The average molecular weight is 378 g/mol. The predicted octanol–water partition coefficient (Wildman–Crippen LogP) is 3.85. The molecule has 0 amide bonds. The Morgan fingerprint density at radius 3 is 2.12 bits per heavy atom. The Kier molecular flexibility index (Phi) is 4.42. The lowest BCUT2D eigenvalue weighted by molar-refractivity contribution is -0.153. The number of halogens is 5. The van der Waals surface area contributed by atoms with Gasteiger partial charge in [-0.2, -0.15) is 13.2 Å². The van der Waals surface area contributed by atoms with Gasteiger partial charge in [-0.3, -0.25) is 0 Å². The lowest BCUT2D eigenvalue weighted by Gasteiger charge is -2.12. The highest BCUT2D eigenvalue weighted by Crippen LogP contribution is 2.35. The number of benzene rings is 1. The van der Waals surface area contributed by atoms with Gasteiger partial charge in [0, 0.05) is 0 Å². The average Bonchev–Trinajstić information content (AvgIpc) is 2.14. The van der Waals surface area contributed by atoms with E-state index in [0.717, 1.165) is 0 Å². The van der Waals surface area contributed by atoms with E-state index < -0.39 is 18.8 Å². The van der Waals surface area contributed by atoms with Crippen LogP contribution >= 0.6 is 31.9 Å². The first-order valence-electron chi connectivity index (χ1n) is 4.12. The van der Waals surface area contributed by atoms with Crippen LogP contribution in [0.1, 0.15) is 10.4 Å². The van der Waals surface area contributed by atoms with Crippen molar-refractivity contribution in [2.45, 2.75) is 6.18 Å². The van der Waals surface area contributed by atoms with Crippen molar-refractivity contribution in [3.63, 3.8) is 0 Å². The van der Waals surface area contributed by atoms with Crippen molar-refractivity contribution in [1.82, 2.24) is 0 Å². The molecule has 0 aliphatic heterocycles. The van der Waals surface area contributed by atoms with Gasteiger partial charge in [-0.15, -0.1) is 0 Å². The molecule has 0 saturated carbocycles. The molecule has 0 saturated heterocycles. The molecule has 0 heterocycles. The normalized spacial score (nSPS) is 11.4. The Morgan fingerprint density at radius 1 is 1.29 bits per heavy atom. The second kappa shape index (κ2) is 5.26. The van der Waals surface area contributed by atoms with Crippen LogP contribution < -0.4 is 4.74 Å². The van der Waals surface area contributed by atoms with Crippen molar-refractivity contribution in [2.75, 3.05) is 6.61 Å². The maximum Gasteiger partial charge on any atom is 0.422 e. The summed E-state index contributed by atoms with van der Waals surface area (Å²) in [5.41, 5.74) is -0.0666. The lowest BCUT2D eigenvalue weighted by Crippen LogP contribution is -2.19. The van der Waals surface area contributed by atoms with Crippen LogP contribution in [0.3, 0.4) is 0 Å². The van der Waals surface area contributed by atoms with Crippen LogP contribution in [0.5, 0.6) is 5.75 Å². The molecule has 8 heteroatoms. The Labute approximate surface area is 111 Å². The lowest BCUT2D eigenvalue weighted by atomic mass is 10.2. The summed E-state index contributed by atoms with van der Waals surface area (Å²) < 4.78 is 40.7. The van der Waals surface area contributed by atoms with Crippen LogP contribution in [-0.2, 0) is 0 Å². The first-order valence-corrected chi connectivity index (χ1v) is 5.71. The third-order valence-electron chi connectivity index (χ3n) is 1.63. The number of ether oxygens (including phenoxy) is 1. The quantitative estimate of drug-likeness (QED) is 0.870. The SMILES string of the molecule is O=C(O)c1cc(Br)c(OCC(F)(F)F)c(Br)c1. The summed E-state index contributed by atoms with van der Waals surface area (Å²) in [4.78, 5) is 10.7. The molecule has 1 N–H and O–H groups in total. The van der Waals surface area contributed by atoms with Gasteiger partial charge in [0.25, 0.3) is 0 Å². The fraction of sp³-hybridized carbons (Fsp3) is 0.222. The minimum Gasteiger partial charge on any atom is -0.482 e. The monoisotopic (exact) mass is 376 g/mol. The van der Waals surface area contributed by atoms with Gasteiger partial charge in [0.2, 0.25) is 0 Å². The summed E-state index contributed by atoms with van der Waals surface area (Å²) in [6.45, 7) is -1.45. The van der Waals surface area contributed by atoms with Crippen molar-refractivity contribution in [1.29, 1.82) is 0 Å². The second-order valence-electron chi connectivity index (χ2n) is 2.98. The number of rotatable bonds is 3. The van der Waals surface area contributed by atoms with Crippen LogP contribution in [0.4, 0.5) is 13.2 Å². The second-order valence-corrected chi connectivity index (χ2v) is 4.69. The molecule has 0 bridgehead atoms. The summed E-state index contributed by atoms with van der Waals surface area (Å²) in [6, 6.07) is 2.33. The van der Waals surface area contributed by atoms with Gasteiger partial charge in [-0.1, -0.05) is 0 Å². The summed E-state index contributed by atoms with van der Waals surface area (Å²) in [5, 5.41) is 8.72. The molecular weight excluding hydrogens is 373 g/mol. The molecular formula is C9H5Br2F3O3. The number of carbonyl (C=O) groups is 1. The van der Waals surface area contributed by atoms with Crippen molar-refractivity contribution >= 4 is 37.8 Å². The fourth-order valence-electron chi connectivity index (χ4n) is 0.975. The molecule has 1 aromatic rings. The van der Waals surface area contributed by atoms with Crippen LogP contribution in [-0.4, -0.2) is 23.9 Å².